The highest BCUT2D eigenvalue weighted by atomic mass is 32.1. The molecule has 0 spiro atoms. The fraction of sp³-hybridized carbons (Fsp3) is 0.0769. The molecule has 20 heavy (non-hydrogen) atoms. The van der Waals surface area contributed by atoms with Crippen LogP contribution in [0.1, 0.15) is 15.2 Å². The highest BCUT2D eigenvalue weighted by molar-refractivity contribution is 7.16. The quantitative estimate of drug-likeness (QED) is 0.810. The van der Waals surface area contributed by atoms with Crippen molar-refractivity contribution in [3.8, 4) is 0 Å². The van der Waals surface area contributed by atoms with Crippen molar-refractivity contribution >= 4 is 34.0 Å². The summed E-state index contributed by atoms with van der Waals surface area (Å²) in [6.45, 7) is 1.74. The molecule has 1 aromatic carbocycles. The monoisotopic (exact) mass is 294 g/mol. The first-order valence-corrected chi connectivity index (χ1v) is 6.44. The predicted molar refractivity (Wildman–Crippen MR) is 75.1 cm³/mol. The number of carbonyl (C=O) groups is 2. The number of carboxylic acid groups (broad SMARTS) is 1. The third-order valence-corrected chi connectivity index (χ3v) is 3.36. The molecule has 0 fully saturated rings. The maximum atomic E-state index is 13.0. The fourth-order valence-corrected chi connectivity index (χ4v) is 2.50. The van der Waals surface area contributed by atoms with E-state index in [0.717, 1.165) is 22.3 Å². The van der Waals surface area contributed by atoms with E-state index in [4.69, 9.17) is 5.11 Å². The zero-order valence-electron chi connectivity index (χ0n) is 10.4. The number of amides is 2. The SMILES string of the molecule is Cc1cc(C(=O)O)c(NC(=O)Nc2cccc(F)c2)s1. The van der Waals surface area contributed by atoms with Crippen molar-refractivity contribution in [3.63, 3.8) is 0 Å². The van der Waals surface area contributed by atoms with Gasteiger partial charge in [0.25, 0.3) is 0 Å². The van der Waals surface area contributed by atoms with Crippen molar-refractivity contribution in [2.45, 2.75) is 6.92 Å². The number of rotatable bonds is 3. The molecule has 2 aromatic rings. The van der Waals surface area contributed by atoms with Gasteiger partial charge in [0.15, 0.2) is 0 Å². The van der Waals surface area contributed by atoms with Crippen molar-refractivity contribution in [2.24, 2.45) is 0 Å². The van der Waals surface area contributed by atoms with E-state index in [1.165, 1.54) is 24.3 Å². The topological polar surface area (TPSA) is 78.4 Å². The molecule has 104 valence electrons. The summed E-state index contributed by atoms with van der Waals surface area (Å²) < 4.78 is 13.0. The van der Waals surface area contributed by atoms with Crippen LogP contribution in [-0.4, -0.2) is 17.1 Å². The summed E-state index contributed by atoms with van der Waals surface area (Å²) in [5, 5.41) is 14.1. The molecular weight excluding hydrogens is 283 g/mol. The van der Waals surface area contributed by atoms with Crippen molar-refractivity contribution in [2.75, 3.05) is 10.6 Å². The van der Waals surface area contributed by atoms with E-state index in [-0.39, 0.29) is 16.3 Å². The second-order valence-corrected chi connectivity index (χ2v) is 5.25. The number of aryl methyl sites for hydroxylation is 1. The summed E-state index contributed by atoms with van der Waals surface area (Å²) in [5.41, 5.74) is 0.314. The number of urea groups is 1. The first-order chi connectivity index (χ1) is 9.45. The molecular formula is C13H11FN2O3S. The van der Waals surface area contributed by atoms with Crippen LogP contribution < -0.4 is 10.6 Å². The van der Waals surface area contributed by atoms with Crippen LogP contribution in [-0.2, 0) is 0 Å². The van der Waals surface area contributed by atoms with Gasteiger partial charge in [0.05, 0.1) is 5.56 Å². The Morgan fingerprint density at radius 1 is 1.25 bits per heavy atom. The Kier molecular flexibility index (Phi) is 3.99. The molecule has 0 aliphatic rings. The lowest BCUT2D eigenvalue weighted by molar-refractivity contribution is 0.0698. The molecule has 0 aliphatic carbocycles. The number of halogens is 1. The van der Waals surface area contributed by atoms with Gasteiger partial charge < -0.3 is 10.4 Å². The lowest BCUT2D eigenvalue weighted by Gasteiger charge is -2.06. The average molecular weight is 294 g/mol. The summed E-state index contributed by atoms with van der Waals surface area (Å²) in [6, 6.07) is 6.26. The Balaban J connectivity index is 2.10. The summed E-state index contributed by atoms with van der Waals surface area (Å²) in [6.07, 6.45) is 0. The van der Waals surface area contributed by atoms with Gasteiger partial charge in [0.1, 0.15) is 10.8 Å². The van der Waals surface area contributed by atoms with Crippen LogP contribution in [0.4, 0.5) is 19.9 Å². The second-order valence-electron chi connectivity index (χ2n) is 3.99. The van der Waals surface area contributed by atoms with Crippen LogP contribution in [0.3, 0.4) is 0 Å². The van der Waals surface area contributed by atoms with E-state index in [1.54, 1.807) is 6.92 Å². The maximum Gasteiger partial charge on any atom is 0.338 e. The summed E-state index contributed by atoms with van der Waals surface area (Å²) in [5.74, 6) is -1.59. The van der Waals surface area contributed by atoms with Crippen LogP contribution in [0.25, 0.3) is 0 Å². The van der Waals surface area contributed by atoms with Crippen LogP contribution in [0.5, 0.6) is 0 Å². The van der Waals surface area contributed by atoms with Crippen molar-refractivity contribution < 1.29 is 19.1 Å². The lowest BCUT2D eigenvalue weighted by Crippen LogP contribution is -2.20. The molecule has 2 rings (SSSR count). The van der Waals surface area contributed by atoms with E-state index in [0.29, 0.717) is 0 Å². The van der Waals surface area contributed by atoms with Crippen LogP contribution >= 0.6 is 11.3 Å². The van der Waals surface area contributed by atoms with Gasteiger partial charge in [-0.05, 0) is 31.2 Å². The summed E-state index contributed by atoms with van der Waals surface area (Å²) in [4.78, 5) is 23.5. The van der Waals surface area contributed by atoms with E-state index in [1.807, 2.05) is 0 Å². The Morgan fingerprint density at radius 2 is 2.00 bits per heavy atom. The van der Waals surface area contributed by atoms with Crippen LogP contribution in [0.2, 0.25) is 0 Å². The van der Waals surface area contributed by atoms with Gasteiger partial charge >= 0.3 is 12.0 Å². The molecule has 2 amide bonds. The number of thiophene rings is 1. The molecule has 1 heterocycles. The van der Waals surface area contributed by atoms with E-state index in [2.05, 4.69) is 10.6 Å². The predicted octanol–water partition coefficient (Wildman–Crippen LogP) is 3.54. The Labute approximate surface area is 118 Å². The molecule has 0 saturated heterocycles. The summed E-state index contributed by atoms with van der Waals surface area (Å²) in [7, 11) is 0. The normalized spacial score (nSPS) is 10.1. The number of carboxylic acids is 1. The third-order valence-electron chi connectivity index (χ3n) is 2.40. The smallest absolute Gasteiger partial charge is 0.338 e. The lowest BCUT2D eigenvalue weighted by atomic mass is 10.3. The third kappa shape index (κ3) is 3.33. The minimum Gasteiger partial charge on any atom is -0.478 e. The number of carbonyl (C=O) groups excluding carboxylic acids is 1. The molecule has 0 atom stereocenters. The highest BCUT2D eigenvalue weighted by Crippen LogP contribution is 2.27. The Morgan fingerprint density at radius 3 is 2.65 bits per heavy atom. The van der Waals surface area contributed by atoms with Gasteiger partial charge in [-0.15, -0.1) is 11.3 Å². The minimum absolute atomic E-state index is 0.0295. The van der Waals surface area contributed by atoms with E-state index >= 15 is 0 Å². The van der Waals surface area contributed by atoms with Crippen LogP contribution in [0.15, 0.2) is 30.3 Å². The van der Waals surface area contributed by atoms with Gasteiger partial charge in [-0.1, -0.05) is 6.07 Å². The van der Waals surface area contributed by atoms with Gasteiger partial charge in [0, 0.05) is 10.6 Å². The Bertz CT molecular complexity index is 669. The summed E-state index contributed by atoms with van der Waals surface area (Å²) >= 11 is 1.16. The zero-order chi connectivity index (χ0) is 14.7. The molecule has 0 bridgehead atoms. The second kappa shape index (κ2) is 5.70. The van der Waals surface area contributed by atoms with E-state index in [9.17, 15) is 14.0 Å². The van der Waals surface area contributed by atoms with E-state index < -0.39 is 17.8 Å². The maximum absolute atomic E-state index is 13.0. The number of nitrogens with one attached hydrogen (secondary N) is 2. The molecule has 5 nitrogen and oxygen atoms in total. The van der Waals surface area contributed by atoms with Gasteiger partial charge in [-0.2, -0.15) is 0 Å². The van der Waals surface area contributed by atoms with Crippen molar-refractivity contribution in [1.82, 2.24) is 0 Å². The number of hydrogen-bond donors (Lipinski definition) is 3. The van der Waals surface area contributed by atoms with Gasteiger partial charge in [-0.3, -0.25) is 5.32 Å². The largest absolute Gasteiger partial charge is 0.478 e. The minimum atomic E-state index is -1.12. The van der Waals surface area contributed by atoms with Crippen molar-refractivity contribution in [1.29, 1.82) is 0 Å². The number of aromatic carboxylic acids is 1. The molecule has 0 unspecified atom stereocenters. The Hall–Kier alpha value is -2.41. The highest BCUT2D eigenvalue weighted by Gasteiger charge is 2.15. The fourth-order valence-electron chi connectivity index (χ4n) is 1.60. The molecule has 0 saturated carbocycles. The van der Waals surface area contributed by atoms with Crippen LogP contribution in [0, 0.1) is 12.7 Å². The first kappa shape index (κ1) is 14.0. The number of benzene rings is 1. The average Bonchev–Trinajstić information content (AvgIpc) is 2.70. The number of hydrogen-bond acceptors (Lipinski definition) is 3. The molecule has 7 heteroatoms. The van der Waals surface area contributed by atoms with Crippen molar-refractivity contribution in [3.05, 3.63) is 46.6 Å². The molecule has 0 radical (unpaired) electrons. The van der Waals surface area contributed by atoms with Gasteiger partial charge in [0.2, 0.25) is 0 Å². The first-order valence-electron chi connectivity index (χ1n) is 5.63. The molecule has 0 aliphatic heterocycles. The molecule has 1 aromatic heterocycles. The van der Waals surface area contributed by atoms with Gasteiger partial charge in [-0.25, -0.2) is 14.0 Å². The number of anilines is 2. The zero-order valence-corrected chi connectivity index (χ0v) is 11.3. The molecule has 3 N–H and O–H groups in total. The standard InChI is InChI=1S/C13H11FN2O3S/c1-7-5-10(12(17)18)11(20-7)16-13(19)15-9-4-2-3-8(14)6-9/h2-6H,1H3,(H,17,18)(H2,15,16,19).